The lowest BCUT2D eigenvalue weighted by Crippen LogP contribution is -2.25. The van der Waals surface area contributed by atoms with E-state index in [0.717, 1.165) is 0 Å². The Morgan fingerprint density at radius 3 is 2.65 bits per heavy atom. The van der Waals surface area contributed by atoms with Gasteiger partial charge >= 0.3 is 0 Å². The number of hydrogen-bond acceptors (Lipinski definition) is 1. The molecule has 0 radical (unpaired) electrons. The molecule has 2 aromatic carbocycles. The number of aryl methyl sites for hydroxylation is 1. The van der Waals surface area contributed by atoms with E-state index < -0.39 is 0 Å². The van der Waals surface area contributed by atoms with Gasteiger partial charge in [0.25, 0.3) is 0 Å². The third-order valence-electron chi connectivity index (χ3n) is 4.85. The van der Waals surface area contributed by atoms with E-state index in [2.05, 4.69) is 68.7 Å². The van der Waals surface area contributed by atoms with Gasteiger partial charge in [-0.25, -0.2) is 0 Å². The fraction of sp³-hybridized carbons (Fsp3) is 0.368. The highest BCUT2D eigenvalue weighted by atomic mass is 14.9. The first kappa shape index (κ1) is 13.4. The predicted molar refractivity (Wildman–Crippen MR) is 85.2 cm³/mol. The molecule has 0 bridgehead atoms. The maximum Gasteiger partial charge on any atom is 0.0326 e. The van der Waals surface area contributed by atoms with E-state index >= 15 is 0 Å². The van der Waals surface area contributed by atoms with Gasteiger partial charge in [0.15, 0.2) is 0 Å². The second-order valence-corrected chi connectivity index (χ2v) is 5.97. The van der Waals surface area contributed by atoms with Crippen LogP contribution in [-0.4, -0.2) is 7.05 Å². The second-order valence-electron chi connectivity index (χ2n) is 5.97. The molecule has 0 saturated carbocycles. The quantitative estimate of drug-likeness (QED) is 0.869. The molecule has 0 fully saturated rings. The van der Waals surface area contributed by atoms with Crippen molar-refractivity contribution in [3.8, 4) is 0 Å². The van der Waals surface area contributed by atoms with E-state index in [9.17, 15) is 0 Å². The van der Waals surface area contributed by atoms with Gasteiger partial charge in [-0.2, -0.15) is 0 Å². The van der Waals surface area contributed by atoms with Crippen molar-refractivity contribution in [1.29, 1.82) is 0 Å². The van der Waals surface area contributed by atoms with Gasteiger partial charge in [0.05, 0.1) is 0 Å². The van der Waals surface area contributed by atoms with Crippen molar-refractivity contribution in [3.63, 3.8) is 0 Å². The summed E-state index contributed by atoms with van der Waals surface area (Å²) in [6.07, 6.45) is 2.43. The minimum atomic E-state index is 0.452. The summed E-state index contributed by atoms with van der Waals surface area (Å²) in [6, 6.07) is 16.0. The molecule has 2 unspecified atom stereocenters. The minimum Gasteiger partial charge on any atom is -0.313 e. The van der Waals surface area contributed by atoms with Crippen molar-refractivity contribution in [2.24, 2.45) is 0 Å². The fourth-order valence-electron chi connectivity index (χ4n) is 3.41. The third kappa shape index (κ3) is 2.27. The number of nitrogens with one attached hydrogen (secondary N) is 1. The topological polar surface area (TPSA) is 12.0 Å². The number of hydrogen-bond donors (Lipinski definition) is 1. The van der Waals surface area contributed by atoms with Crippen LogP contribution in [0.1, 0.15) is 46.2 Å². The lowest BCUT2D eigenvalue weighted by atomic mass is 9.73. The van der Waals surface area contributed by atoms with Crippen molar-refractivity contribution >= 4 is 0 Å². The molecule has 1 N–H and O–H groups in total. The van der Waals surface area contributed by atoms with E-state index in [1.807, 2.05) is 0 Å². The Morgan fingerprint density at radius 2 is 1.90 bits per heavy atom. The highest BCUT2D eigenvalue weighted by molar-refractivity contribution is 5.41. The Morgan fingerprint density at radius 1 is 1.10 bits per heavy atom. The molecule has 0 aromatic heterocycles. The zero-order valence-corrected chi connectivity index (χ0v) is 12.6. The monoisotopic (exact) mass is 265 g/mol. The molecule has 1 heteroatoms. The fourth-order valence-corrected chi connectivity index (χ4v) is 3.41. The molecule has 0 amide bonds. The average molecular weight is 265 g/mol. The maximum absolute atomic E-state index is 3.52. The lowest BCUT2D eigenvalue weighted by Gasteiger charge is -2.33. The van der Waals surface area contributed by atoms with E-state index in [4.69, 9.17) is 0 Å². The summed E-state index contributed by atoms with van der Waals surface area (Å²) in [5.74, 6) is 0.712. The molecule has 0 spiro atoms. The van der Waals surface area contributed by atoms with Gasteiger partial charge in [-0.1, -0.05) is 42.5 Å². The van der Waals surface area contributed by atoms with Gasteiger partial charge in [-0.15, -0.1) is 0 Å². The van der Waals surface area contributed by atoms with Crippen LogP contribution >= 0.6 is 0 Å². The molecule has 1 nitrogen and oxygen atoms in total. The molecule has 1 aliphatic rings. The van der Waals surface area contributed by atoms with Gasteiger partial charge in [0, 0.05) is 6.04 Å². The van der Waals surface area contributed by atoms with Crippen molar-refractivity contribution < 1.29 is 0 Å². The first-order valence-corrected chi connectivity index (χ1v) is 7.52. The molecule has 0 saturated heterocycles. The van der Waals surface area contributed by atoms with Crippen molar-refractivity contribution in [1.82, 2.24) is 5.32 Å². The van der Waals surface area contributed by atoms with Crippen LogP contribution in [-0.2, 0) is 6.42 Å². The number of benzene rings is 2. The maximum atomic E-state index is 3.52. The molecular weight excluding hydrogens is 242 g/mol. The van der Waals surface area contributed by atoms with Crippen LogP contribution < -0.4 is 5.32 Å². The largest absolute Gasteiger partial charge is 0.313 e. The molecule has 1 aliphatic carbocycles. The Kier molecular flexibility index (Phi) is 3.62. The molecule has 2 aromatic rings. The van der Waals surface area contributed by atoms with Crippen LogP contribution in [0.3, 0.4) is 0 Å². The summed E-state index contributed by atoms with van der Waals surface area (Å²) in [7, 11) is 2.08. The molecule has 20 heavy (non-hydrogen) atoms. The zero-order chi connectivity index (χ0) is 14.1. The molecule has 0 heterocycles. The van der Waals surface area contributed by atoms with Crippen molar-refractivity contribution in [2.75, 3.05) is 7.05 Å². The molecule has 0 aliphatic heterocycles. The highest BCUT2D eigenvalue weighted by Gasteiger charge is 2.28. The molecule has 2 atom stereocenters. The Hall–Kier alpha value is -1.60. The molecule has 3 rings (SSSR count). The Labute approximate surface area is 122 Å². The van der Waals surface area contributed by atoms with E-state index in [0.29, 0.717) is 12.0 Å². The van der Waals surface area contributed by atoms with Crippen molar-refractivity contribution in [2.45, 2.75) is 38.6 Å². The normalized spacial score (nSPS) is 18.2. The zero-order valence-electron chi connectivity index (χ0n) is 12.6. The van der Waals surface area contributed by atoms with Crippen LogP contribution in [0.4, 0.5) is 0 Å². The summed E-state index contributed by atoms with van der Waals surface area (Å²) >= 11 is 0. The smallest absolute Gasteiger partial charge is 0.0326 e. The summed E-state index contributed by atoms with van der Waals surface area (Å²) in [6.45, 7) is 4.44. The number of rotatable bonds is 4. The third-order valence-corrected chi connectivity index (χ3v) is 4.85. The predicted octanol–water partition coefficient (Wildman–Crippen LogP) is 4.29. The Balaban J connectivity index is 1.81. The first-order chi connectivity index (χ1) is 9.70. The molecular formula is C19H23N. The van der Waals surface area contributed by atoms with Crippen LogP contribution in [0.25, 0.3) is 0 Å². The molecule has 104 valence electrons. The summed E-state index contributed by atoms with van der Waals surface area (Å²) < 4.78 is 0. The minimum absolute atomic E-state index is 0.452. The van der Waals surface area contributed by atoms with E-state index in [1.165, 1.54) is 35.1 Å². The van der Waals surface area contributed by atoms with Crippen LogP contribution in [0.2, 0.25) is 0 Å². The van der Waals surface area contributed by atoms with Crippen LogP contribution in [0.15, 0.2) is 42.5 Å². The Bertz CT molecular complexity index is 615. The van der Waals surface area contributed by atoms with Gasteiger partial charge in [-0.3, -0.25) is 0 Å². The van der Waals surface area contributed by atoms with E-state index in [1.54, 1.807) is 5.56 Å². The van der Waals surface area contributed by atoms with Crippen LogP contribution in [0, 0.1) is 13.8 Å². The first-order valence-electron chi connectivity index (χ1n) is 7.52. The van der Waals surface area contributed by atoms with Gasteiger partial charge in [0.1, 0.15) is 0 Å². The van der Waals surface area contributed by atoms with Gasteiger partial charge in [-0.05, 0) is 67.5 Å². The second kappa shape index (κ2) is 5.41. The average Bonchev–Trinajstić information content (AvgIpc) is 2.44. The summed E-state index contributed by atoms with van der Waals surface area (Å²) in [5.41, 5.74) is 7.36. The number of fused-ring (bicyclic) bond motifs is 1. The standard InChI is InChI=1S/C19H23N/c1-13-7-6-10-17(14(13)2)19(20-3)12-16-11-15-8-4-5-9-18(15)16/h4-10,16,19-20H,11-12H2,1-3H3. The lowest BCUT2D eigenvalue weighted by molar-refractivity contribution is 0.451. The van der Waals surface area contributed by atoms with Gasteiger partial charge in [0.2, 0.25) is 0 Å². The SMILES string of the molecule is CNC(CC1Cc2ccccc21)c1cccc(C)c1C. The van der Waals surface area contributed by atoms with Gasteiger partial charge < -0.3 is 5.32 Å². The highest BCUT2D eigenvalue weighted by Crippen LogP contribution is 2.41. The van der Waals surface area contributed by atoms with E-state index in [-0.39, 0.29) is 0 Å². The summed E-state index contributed by atoms with van der Waals surface area (Å²) in [4.78, 5) is 0. The van der Waals surface area contributed by atoms with Crippen LogP contribution in [0.5, 0.6) is 0 Å². The van der Waals surface area contributed by atoms with Crippen molar-refractivity contribution in [3.05, 3.63) is 70.3 Å². The summed E-state index contributed by atoms with van der Waals surface area (Å²) in [5, 5.41) is 3.52.